The van der Waals surface area contributed by atoms with E-state index in [9.17, 15) is 9.59 Å². The van der Waals surface area contributed by atoms with E-state index in [2.05, 4.69) is 5.32 Å². The third-order valence-corrected chi connectivity index (χ3v) is 5.16. The quantitative estimate of drug-likeness (QED) is 0.668. The van der Waals surface area contributed by atoms with E-state index in [1.807, 2.05) is 56.3 Å². The van der Waals surface area contributed by atoms with Gasteiger partial charge in [-0.25, -0.2) is 0 Å². The molecule has 5 heteroatoms. The molecule has 0 aromatic heterocycles. The second-order valence-corrected chi connectivity index (χ2v) is 7.56. The largest absolute Gasteiger partial charge is 0.352 e. The predicted molar refractivity (Wildman–Crippen MR) is 114 cm³/mol. The molecule has 2 unspecified atom stereocenters. The van der Waals surface area contributed by atoms with E-state index >= 15 is 0 Å². The first-order chi connectivity index (χ1) is 13.4. The number of aryl methyl sites for hydroxylation is 1. The zero-order chi connectivity index (χ0) is 20.5. The number of rotatable bonds is 9. The zero-order valence-electron chi connectivity index (χ0n) is 16.8. The Kier molecular flexibility index (Phi) is 8.52. The van der Waals surface area contributed by atoms with E-state index in [0.29, 0.717) is 24.4 Å². The van der Waals surface area contributed by atoms with E-state index in [1.54, 1.807) is 24.0 Å². The van der Waals surface area contributed by atoms with Gasteiger partial charge < -0.3 is 10.2 Å². The monoisotopic (exact) mass is 400 g/mol. The minimum Gasteiger partial charge on any atom is -0.352 e. The number of amides is 2. The third kappa shape index (κ3) is 6.68. The summed E-state index contributed by atoms with van der Waals surface area (Å²) in [4.78, 5) is 27.3. The lowest BCUT2D eigenvalue weighted by molar-refractivity contribution is -0.140. The van der Waals surface area contributed by atoms with Gasteiger partial charge in [0.25, 0.3) is 0 Å². The molecule has 0 saturated carbocycles. The number of carbonyl (C=O) groups excluding carboxylic acids is 2. The second-order valence-electron chi connectivity index (χ2n) is 7.13. The van der Waals surface area contributed by atoms with Crippen LogP contribution in [-0.4, -0.2) is 28.8 Å². The van der Waals surface area contributed by atoms with Gasteiger partial charge in [-0.05, 0) is 49.9 Å². The maximum absolute atomic E-state index is 13.0. The van der Waals surface area contributed by atoms with Gasteiger partial charge in [0.05, 0.1) is 0 Å². The van der Waals surface area contributed by atoms with Crippen molar-refractivity contribution in [2.24, 2.45) is 0 Å². The van der Waals surface area contributed by atoms with Crippen LogP contribution in [0.25, 0.3) is 0 Å². The third-order valence-electron chi connectivity index (χ3n) is 4.90. The molecule has 2 aromatic rings. The molecule has 2 aromatic carbocycles. The molecule has 2 rings (SSSR count). The second kappa shape index (κ2) is 10.9. The van der Waals surface area contributed by atoms with Crippen molar-refractivity contribution in [1.82, 2.24) is 10.2 Å². The van der Waals surface area contributed by atoms with Crippen LogP contribution < -0.4 is 5.32 Å². The Bertz CT molecular complexity index is 762. The van der Waals surface area contributed by atoms with Gasteiger partial charge in [-0.3, -0.25) is 9.59 Å². The van der Waals surface area contributed by atoms with Crippen LogP contribution >= 0.6 is 11.6 Å². The molecule has 0 saturated heterocycles. The minimum absolute atomic E-state index is 0.0365. The Hall–Kier alpha value is -2.33. The first-order valence-electron chi connectivity index (χ1n) is 9.79. The van der Waals surface area contributed by atoms with Crippen molar-refractivity contribution in [1.29, 1.82) is 0 Å². The van der Waals surface area contributed by atoms with Gasteiger partial charge in [-0.2, -0.15) is 0 Å². The molecular weight excluding hydrogens is 372 g/mol. The first-order valence-corrected chi connectivity index (χ1v) is 10.2. The van der Waals surface area contributed by atoms with E-state index in [0.717, 1.165) is 17.5 Å². The van der Waals surface area contributed by atoms with Crippen LogP contribution in [0.5, 0.6) is 0 Å². The SMILES string of the molecule is CCC(C)NC(=O)C(C)N(Cc1ccc(Cl)cc1)C(=O)CCc1ccccc1. The van der Waals surface area contributed by atoms with Crippen LogP contribution in [-0.2, 0) is 22.6 Å². The van der Waals surface area contributed by atoms with Crippen molar-refractivity contribution < 1.29 is 9.59 Å². The summed E-state index contributed by atoms with van der Waals surface area (Å²) in [7, 11) is 0. The van der Waals surface area contributed by atoms with Gasteiger partial charge in [-0.15, -0.1) is 0 Å². The highest BCUT2D eigenvalue weighted by Crippen LogP contribution is 2.15. The summed E-state index contributed by atoms with van der Waals surface area (Å²) in [6.07, 6.45) is 1.85. The Balaban J connectivity index is 2.12. The highest BCUT2D eigenvalue weighted by Gasteiger charge is 2.26. The van der Waals surface area contributed by atoms with Gasteiger partial charge in [0.2, 0.25) is 11.8 Å². The lowest BCUT2D eigenvalue weighted by Crippen LogP contribution is -2.49. The lowest BCUT2D eigenvalue weighted by atomic mass is 10.1. The van der Waals surface area contributed by atoms with E-state index in [1.165, 1.54) is 0 Å². The number of carbonyl (C=O) groups is 2. The summed E-state index contributed by atoms with van der Waals surface area (Å²) < 4.78 is 0. The van der Waals surface area contributed by atoms with E-state index in [-0.39, 0.29) is 17.9 Å². The van der Waals surface area contributed by atoms with Crippen LogP contribution in [0, 0.1) is 0 Å². The summed E-state index contributed by atoms with van der Waals surface area (Å²) in [5.74, 6) is -0.165. The molecule has 150 valence electrons. The fourth-order valence-corrected chi connectivity index (χ4v) is 3.00. The summed E-state index contributed by atoms with van der Waals surface area (Å²) in [6.45, 7) is 6.14. The highest BCUT2D eigenvalue weighted by atomic mass is 35.5. The molecule has 4 nitrogen and oxygen atoms in total. The van der Waals surface area contributed by atoms with Crippen LogP contribution in [0.4, 0.5) is 0 Å². The van der Waals surface area contributed by atoms with Crippen molar-refractivity contribution in [2.45, 2.75) is 58.7 Å². The Morgan fingerprint density at radius 2 is 1.64 bits per heavy atom. The zero-order valence-corrected chi connectivity index (χ0v) is 17.6. The molecule has 0 aliphatic heterocycles. The van der Waals surface area contributed by atoms with Crippen molar-refractivity contribution in [3.63, 3.8) is 0 Å². The molecule has 0 radical (unpaired) electrons. The molecular formula is C23H29ClN2O2. The summed E-state index contributed by atoms with van der Waals surface area (Å²) >= 11 is 5.97. The smallest absolute Gasteiger partial charge is 0.242 e. The van der Waals surface area contributed by atoms with Crippen molar-refractivity contribution in [3.8, 4) is 0 Å². The first kappa shape index (κ1) is 22.0. The molecule has 0 bridgehead atoms. The average Bonchev–Trinajstić information content (AvgIpc) is 2.71. The molecule has 0 aliphatic carbocycles. The number of nitrogens with one attached hydrogen (secondary N) is 1. The molecule has 2 amide bonds. The summed E-state index contributed by atoms with van der Waals surface area (Å²) in [5, 5.41) is 3.63. The fraction of sp³-hybridized carbons (Fsp3) is 0.391. The molecule has 1 N–H and O–H groups in total. The standard InChI is InChI=1S/C23H29ClN2O2/c1-4-17(2)25-23(28)18(3)26(16-20-10-13-21(24)14-11-20)22(27)15-12-19-8-6-5-7-9-19/h5-11,13-14,17-18H,4,12,15-16H2,1-3H3,(H,25,28). The maximum atomic E-state index is 13.0. The number of nitrogens with zero attached hydrogens (tertiary/aromatic N) is 1. The summed E-state index contributed by atoms with van der Waals surface area (Å²) in [6, 6.07) is 16.8. The van der Waals surface area contributed by atoms with Crippen LogP contribution in [0.1, 0.15) is 44.7 Å². The molecule has 0 heterocycles. The van der Waals surface area contributed by atoms with Gasteiger partial charge in [-0.1, -0.05) is 61.0 Å². The fourth-order valence-electron chi connectivity index (χ4n) is 2.87. The molecule has 0 fully saturated rings. The number of benzene rings is 2. The van der Waals surface area contributed by atoms with Gasteiger partial charge in [0.15, 0.2) is 0 Å². The molecule has 0 aliphatic rings. The topological polar surface area (TPSA) is 49.4 Å². The van der Waals surface area contributed by atoms with E-state index in [4.69, 9.17) is 11.6 Å². The predicted octanol–water partition coefficient (Wildman–Crippen LogP) is 4.60. The van der Waals surface area contributed by atoms with Crippen molar-refractivity contribution in [3.05, 3.63) is 70.7 Å². The van der Waals surface area contributed by atoms with Crippen molar-refractivity contribution in [2.75, 3.05) is 0 Å². The molecule has 28 heavy (non-hydrogen) atoms. The van der Waals surface area contributed by atoms with Gasteiger partial charge in [0, 0.05) is 24.0 Å². The minimum atomic E-state index is -0.548. The molecule has 2 atom stereocenters. The highest BCUT2D eigenvalue weighted by molar-refractivity contribution is 6.30. The average molecular weight is 401 g/mol. The number of halogens is 1. The number of hydrogen-bond donors (Lipinski definition) is 1. The molecule has 0 spiro atoms. The number of hydrogen-bond acceptors (Lipinski definition) is 2. The van der Waals surface area contributed by atoms with Crippen molar-refractivity contribution >= 4 is 23.4 Å². The maximum Gasteiger partial charge on any atom is 0.242 e. The van der Waals surface area contributed by atoms with Gasteiger partial charge in [0.1, 0.15) is 6.04 Å². The Morgan fingerprint density at radius 3 is 2.25 bits per heavy atom. The normalized spacial score (nSPS) is 12.9. The Morgan fingerprint density at radius 1 is 1.00 bits per heavy atom. The van der Waals surface area contributed by atoms with Crippen LogP contribution in [0.15, 0.2) is 54.6 Å². The lowest BCUT2D eigenvalue weighted by Gasteiger charge is -2.30. The van der Waals surface area contributed by atoms with Crippen LogP contribution in [0.2, 0.25) is 5.02 Å². The Labute approximate surface area is 172 Å². The van der Waals surface area contributed by atoms with E-state index < -0.39 is 6.04 Å². The van der Waals surface area contributed by atoms with Crippen LogP contribution in [0.3, 0.4) is 0 Å². The summed E-state index contributed by atoms with van der Waals surface area (Å²) in [5.41, 5.74) is 2.06. The van der Waals surface area contributed by atoms with Gasteiger partial charge >= 0.3 is 0 Å².